The van der Waals surface area contributed by atoms with E-state index in [0.717, 1.165) is 28.4 Å². The molecule has 5 rings (SSSR count). The average molecular weight is 466 g/mol. The third kappa shape index (κ3) is 4.01. The lowest BCUT2D eigenvalue weighted by Crippen LogP contribution is -2.16. The number of carboxylic acids is 1. The molecule has 0 unspecified atom stereocenters. The summed E-state index contributed by atoms with van der Waals surface area (Å²) in [5.74, 6) is -2.09. The first-order valence-electron chi connectivity index (χ1n) is 13.0. The molecule has 6 heteroatoms. The Morgan fingerprint density at radius 3 is 2.74 bits per heavy atom. The highest BCUT2D eigenvalue weighted by atomic mass is 19.2. The van der Waals surface area contributed by atoms with Gasteiger partial charge in [-0.05, 0) is 72.0 Å². The molecule has 1 aromatic heterocycles. The molecule has 0 bridgehead atoms. The summed E-state index contributed by atoms with van der Waals surface area (Å²) in [6.07, 6.45) is 8.72. The third-order valence-electron chi connectivity index (χ3n) is 6.18. The molecular weight excluding hydrogens is 437 g/mol. The first-order valence-corrected chi connectivity index (χ1v) is 11.0. The zero-order valence-corrected chi connectivity index (χ0v) is 18.4. The number of aliphatic imine (C=N–C) groups is 1. The fraction of sp³-hybridized carbons (Fsp3) is 0.214. The van der Waals surface area contributed by atoms with E-state index in [1.165, 1.54) is 6.08 Å². The van der Waals surface area contributed by atoms with Crippen molar-refractivity contribution in [3.05, 3.63) is 89.3 Å². The maximum Gasteiger partial charge on any atom is 0.335 e. The van der Waals surface area contributed by atoms with E-state index in [2.05, 4.69) is 11.6 Å². The first-order chi connectivity index (χ1) is 18.2. The van der Waals surface area contributed by atoms with Gasteiger partial charge in [-0.15, -0.1) is 0 Å². The van der Waals surface area contributed by atoms with E-state index >= 15 is 0 Å². The molecule has 3 aromatic rings. The number of hydrogen-bond donors (Lipinski definition) is 1. The molecule has 34 heavy (non-hydrogen) atoms. The van der Waals surface area contributed by atoms with Gasteiger partial charge in [0.2, 0.25) is 0 Å². The Kier molecular flexibility index (Phi) is 4.80. The van der Waals surface area contributed by atoms with E-state index in [0.29, 0.717) is 43.5 Å². The Bertz CT molecular complexity index is 1550. The molecule has 1 N–H and O–H groups in total. The van der Waals surface area contributed by atoms with Gasteiger partial charge in [0.1, 0.15) is 5.83 Å². The SMILES string of the molecule is [2H]c1c([2H])c(-c2c(C3CCOCC3)n(/[13CH]=[13CH]/[13CH]=[13C](/F)[13CH]=[13CH2])c3cc4c(cc23)CN=C4)c([2H])c([2H])c1C(=O)O. The summed E-state index contributed by atoms with van der Waals surface area (Å²) in [7, 11) is 0. The first kappa shape index (κ1) is 17.7. The quantitative estimate of drug-likeness (QED) is 0.340. The van der Waals surface area contributed by atoms with Gasteiger partial charge in [-0.1, -0.05) is 18.7 Å². The zero-order valence-electron chi connectivity index (χ0n) is 22.4. The predicted octanol–water partition coefficient (Wildman–Crippen LogP) is 6.34. The van der Waals surface area contributed by atoms with Crippen LogP contribution in [0.4, 0.5) is 4.39 Å². The molecule has 0 saturated carbocycles. The van der Waals surface area contributed by atoms with Crippen molar-refractivity contribution in [3.63, 3.8) is 0 Å². The van der Waals surface area contributed by atoms with Gasteiger partial charge in [0.05, 0.1) is 23.1 Å². The van der Waals surface area contributed by atoms with Crippen LogP contribution in [0.3, 0.4) is 0 Å². The fourth-order valence-electron chi connectivity index (χ4n) is 4.57. The Morgan fingerprint density at radius 2 is 2.03 bits per heavy atom. The van der Waals surface area contributed by atoms with Crippen LogP contribution in [-0.2, 0) is 11.3 Å². The lowest BCUT2D eigenvalue weighted by molar-refractivity contribution is 0.0697. The van der Waals surface area contributed by atoms with E-state index in [9.17, 15) is 14.3 Å². The second kappa shape index (κ2) is 9.23. The molecule has 0 spiro atoms. The lowest BCUT2D eigenvalue weighted by atomic mass is 9.89. The molecule has 5 nitrogen and oxygen atoms in total. The summed E-state index contributed by atoms with van der Waals surface area (Å²) in [6, 6.07) is 1.83. The number of nitrogens with zero attached hydrogens (tertiary/aromatic N) is 2. The van der Waals surface area contributed by atoms with Gasteiger partial charge in [-0.2, -0.15) is 0 Å². The standard InChI is InChI=1S/C28H25FN2O3/c1-2-23(29)4-3-11-31-25-15-22-17-30-16-21(22)14-24(25)26(27(31)19-9-12-34-13-10-19)18-5-7-20(8-6-18)28(32)33/h2-8,11,14-15,17,19H,1,9-10,12-13,16H2,(H,32,33)/b11-3+,23-4+/i1+1,2+1,3+1,4+1,5D,6D,7D,8D,11+1,23+1. The number of ether oxygens (including phenoxy) is 1. The normalized spacial score (nSPS) is 18.1. The molecule has 2 aromatic carbocycles. The molecule has 0 aliphatic carbocycles. The summed E-state index contributed by atoms with van der Waals surface area (Å²) in [5.41, 5.74) is 3.23. The van der Waals surface area contributed by atoms with E-state index < -0.39 is 41.5 Å². The molecule has 1 fully saturated rings. The third-order valence-corrected chi connectivity index (χ3v) is 6.18. The van der Waals surface area contributed by atoms with Gasteiger partial charge in [0, 0.05) is 48.2 Å². The van der Waals surface area contributed by atoms with Crippen molar-refractivity contribution in [1.29, 1.82) is 0 Å². The van der Waals surface area contributed by atoms with E-state index in [1.54, 1.807) is 18.5 Å². The van der Waals surface area contributed by atoms with Gasteiger partial charge in [-0.25, -0.2) is 9.18 Å². The highest BCUT2D eigenvalue weighted by Gasteiger charge is 2.27. The molecule has 2 aliphatic heterocycles. The minimum Gasteiger partial charge on any atom is -0.478 e. The molecule has 3 heterocycles. The zero-order chi connectivity index (χ0) is 27.1. The van der Waals surface area contributed by atoms with Crippen molar-refractivity contribution >= 4 is 29.3 Å². The van der Waals surface area contributed by atoms with Gasteiger partial charge in [0.25, 0.3) is 0 Å². The number of allylic oxidation sites excluding steroid dienone is 4. The molecule has 172 valence electrons. The maximum atomic E-state index is 13.9. The van der Waals surface area contributed by atoms with Gasteiger partial charge >= 0.3 is 5.97 Å². The number of carboxylic acid groups (broad SMARTS) is 1. The number of carbonyl (C=O) groups is 1. The molecule has 0 radical (unpaired) electrons. The second-order valence-electron chi connectivity index (χ2n) is 8.21. The minimum atomic E-state index is -1.52. The Labute approximate surface area is 202 Å². The summed E-state index contributed by atoms with van der Waals surface area (Å²) in [5, 5.41) is 10.3. The number of halogens is 1. The van der Waals surface area contributed by atoms with Crippen LogP contribution in [0, 0.1) is 0 Å². The van der Waals surface area contributed by atoms with Crippen molar-refractivity contribution < 1.29 is 24.5 Å². The number of rotatable bonds is 6. The number of aromatic carboxylic acids is 1. The molecule has 0 atom stereocenters. The summed E-state index contributed by atoms with van der Waals surface area (Å²) in [6.45, 7) is 4.93. The molecule has 0 amide bonds. The highest BCUT2D eigenvalue weighted by molar-refractivity contribution is 6.03. The van der Waals surface area contributed by atoms with Gasteiger partial charge in [-0.3, -0.25) is 4.99 Å². The second-order valence-corrected chi connectivity index (χ2v) is 8.21. The van der Waals surface area contributed by atoms with Crippen molar-refractivity contribution in [3.8, 4) is 11.1 Å². The highest BCUT2D eigenvalue weighted by Crippen LogP contribution is 2.43. The summed E-state index contributed by atoms with van der Waals surface area (Å²) >= 11 is 0. The van der Waals surface area contributed by atoms with Crippen LogP contribution in [0.1, 0.15) is 51.4 Å². The van der Waals surface area contributed by atoms with Crippen LogP contribution in [-0.4, -0.2) is 35.1 Å². The molecule has 1 saturated heterocycles. The predicted molar refractivity (Wildman–Crippen MR) is 133 cm³/mol. The largest absolute Gasteiger partial charge is 0.478 e. The number of hydrogen-bond acceptors (Lipinski definition) is 3. The van der Waals surface area contributed by atoms with Crippen molar-refractivity contribution in [1.82, 2.24) is 4.57 Å². The van der Waals surface area contributed by atoms with Crippen molar-refractivity contribution in [2.75, 3.05) is 13.2 Å². The van der Waals surface area contributed by atoms with Crippen LogP contribution >= 0.6 is 0 Å². The molecular formula is C28H25FN2O3. The number of benzene rings is 2. The Hall–Kier alpha value is -3.77. The number of aromatic nitrogens is 1. The smallest absolute Gasteiger partial charge is 0.335 e. The van der Waals surface area contributed by atoms with Crippen LogP contribution in [0.15, 0.2) is 71.9 Å². The minimum absolute atomic E-state index is 0.0373. The van der Waals surface area contributed by atoms with Crippen molar-refractivity contribution in [2.45, 2.75) is 25.3 Å². The fourth-order valence-corrected chi connectivity index (χ4v) is 4.57. The van der Waals surface area contributed by atoms with Crippen molar-refractivity contribution in [2.24, 2.45) is 4.99 Å². The van der Waals surface area contributed by atoms with E-state index in [4.69, 9.17) is 10.2 Å². The van der Waals surface area contributed by atoms with E-state index in [1.807, 2.05) is 16.7 Å². The Balaban J connectivity index is 1.92. The summed E-state index contributed by atoms with van der Waals surface area (Å²) < 4.78 is 55.7. The van der Waals surface area contributed by atoms with Gasteiger partial charge < -0.3 is 14.4 Å². The van der Waals surface area contributed by atoms with Crippen LogP contribution < -0.4 is 0 Å². The monoisotopic (exact) mass is 466 g/mol. The molecule has 2 aliphatic rings. The maximum absolute atomic E-state index is 13.9. The van der Waals surface area contributed by atoms with E-state index in [-0.39, 0.29) is 11.5 Å². The topological polar surface area (TPSA) is 63.8 Å². The summed E-state index contributed by atoms with van der Waals surface area (Å²) in [4.78, 5) is 16.1. The van der Waals surface area contributed by atoms with Gasteiger partial charge in [0.15, 0.2) is 0 Å². The van der Waals surface area contributed by atoms with Crippen LogP contribution in [0.25, 0.3) is 28.2 Å². The lowest BCUT2D eigenvalue weighted by Gasteiger charge is -2.24. The number of fused-ring (bicyclic) bond motifs is 2. The van der Waals surface area contributed by atoms with Crippen LogP contribution in [0.5, 0.6) is 0 Å². The Morgan fingerprint density at radius 1 is 1.26 bits per heavy atom. The van der Waals surface area contributed by atoms with Crippen LogP contribution in [0.2, 0.25) is 0 Å². The average Bonchev–Trinajstić information content (AvgIpc) is 3.49.